The van der Waals surface area contributed by atoms with Gasteiger partial charge in [0.1, 0.15) is 17.5 Å². The van der Waals surface area contributed by atoms with E-state index in [1.165, 1.54) is 38.6 Å². The van der Waals surface area contributed by atoms with Crippen molar-refractivity contribution < 1.29 is 4.42 Å². The SMILES string of the molecule is CC1(C)c2c(c(-c3ccccc3)cc3ccccc23)C2CCC(c3cccc(C4N=C(c5ccccc5)c5oc6ccccc6c5N4)c3)=CC21. The van der Waals surface area contributed by atoms with Crippen molar-refractivity contribution in [2.45, 2.75) is 44.2 Å². The summed E-state index contributed by atoms with van der Waals surface area (Å²) in [5.41, 5.74) is 13.5. The van der Waals surface area contributed by atoms with Crippen molar-refractivity contribution in [3.8, 4) is 11.1 Å². The van der Waals surface area contributed by atoms with Gasteiger partial charge in [0.15, 0.2) is 5.76 Å². The van der Waals surface area contributed by atoms with Gasteiger partial charge in [-0.3, -0.25) is 4.99 Å². The maximum Gasteiger partial charge on any atom is 0.177 e. The second-order valence-electron chi connectivity index (χ2n) is 14.7. The van der Waals surface area contributed by atoms with E-state index in [1.54, 1.807) is 5.56 Å². The average molecular weight is 647 g/mol. The summed E-state index contributed by atoms with van der Waals surface area (Å²) < 4.78 is 6.41. The molecule has 0 fully saturated rings. The third-order valence-corrected chi connectivity index (χ3v) is 11.5. The van der Waals surface area contributed by atoms with E-state index in [4.69, 9.17) is 9.41 Å². The van der Waals surface area contributed by atoms with Crippen molar-refractivity contribution in [1.82, 2.24) is 0 Å². The van der Waals surface area contributed by atoms with Crippen LogP contribution in [0.1, 0.15) is 72.4 Å². The van der Waals surface area contributed by atoms with Crippen LogP contribution in [0.5, 0.6) is 0 Å². The highest BCUT2D eigenvalue weighted by Crippen LogP contribution is 2.60. The van der Waals surface area contributed by atoms with Crippen LogP contribution < -0.4 is 5.32 Å². The molecule has 1 aromatic heterocycles. The zero-order valence-electron chi connectivity index (χ0n) is 28.4. The predicted molar refractivity (Wildman–Crippen MR) is 207 cm³/mol. The molecule has 0 spiro atoms. The van der Waals surface area contributed by atoms with Crippen LogP contribution >= 0.6 is 0 Å². The van der Waals surface area contributed by atoms with E-state index in [2.05, 4.69) is 147 Å². The molecule has 6 aromatic carbocycles. The Kier molecular flexibility index (Phi) is 6.54. The first-order valence-corrected chi connectivity index (χ1v) is 17.9. The fourth-order valence-corrected chi connectivity index (χ4v) is 9.23. The van der Waals surface area contributed by atoms with Crippen molar-refractivity contribution in [3.05, 3.63) is 179 Å². The van der Waals surface area contributed by atoms with Gasteiger partial charge in [0.05, 0.1) is 5.69 Å². The Morgan fingerprint density at radius 3 is 2.22 bits per heavy atom. The summed E-state index contributed by atoms with van der Waals surface area (Å²) in [6.45, 7) is 4.96. The lowest BCUT2D eigenvalue weighted by Gasteiger charge is -2.34. The molecule has 3 heteroatoms. The van der Waals surface area contributed by atoms with Crippen LogP contribution in [0.15, 0.2) is 155 Å². The number of nitrogens with one attached hydrogen (secondary N) is 1. The number of anilines is 1. The fourth-order valence-electron chi connectivity index (χ4n) is 9.23. The van der Waals surface area contributed by atoms with Gasteiger partial charge in [0.25, 0.3) is 0 Å². The first-order chi connectivity index (χ1) is 24.5. The van der Waals surface area contributed by atoms with Crippen molar-refractivity contribution >= 4 is 38.7 Å². The van der Waals surface area contributed by atoms with E-state index in [0.29, 0.717) is 11.8 Å². The zero-order valence-corrected chi connectivity index (χ0v) is 28.4. The molecular weight excluding hydrogens is 609 g/mol. The molecule has 0 radical (unpaired) electrons. The minimum atomic E-state index is -0.234. The van der Waals surface area contributed by atoms with E-state index in [-0.39, 0.29) is 11.6 Å². The highest BCUT2D eigenvalue weighted by molar-refractivity contribution is 6.19. The van der Waals surface area contributed by atoms with Crippen LogP contribution in [-0.2, 0) is 5.41 Å². The second kappa shape index (κ2) is 11.2. The monoisotopic (exact) mass is 646 g/mol. The number of hydrogen-bond acceptors (Lipinski definition) is 3. The highest BCUT2D eigenvalue weighted by Gasteiger charge is 2.48. The van der Waals surface area contributed by atoms with E-state index in [9.17, 15) is 0 Å². The number of para-hydroxylation sites is 1. The summed E-state index contributed by atoms with van der Waals surface area (Å²) in [5.74, 6) is 1.70. The zero-order chi connectivity index (χ0) is 33.4. The molecule has 242 valence electrons. The third kappa shape index (κ3) is 4.46. The van der Waals surface area contributed by atoms with E-state index >= 15 is 0 Å². The Bertz CT molecular complexity index is 2500. The number of nitrogens with zero attached hydrogens (tertiary/aromatic N) is 1. The molecule has 1 aliphatic heterocycles. The molecule has 0 bridgehead atoms. The number of fused-ring (bicyclic) bond motifs is 8. The molecule has 7 aromatic rings. The van der Waals surface area contributed by atoms with Crippen LogP contribution in [0, 0.1) is 5.92 Å². The molecular formula is C47H38N2O. The maximum absolute atomic E-state index is 6.41. The molecule has 0 amide bonds. The van der Waals surface area contributed by atoms with Gasteiger partial charge >= 0.3 is 0 Å². The molecule has 2 heterocycles. The molecule has 3 nitrogen and oxygen atoms in total. The van der Waals surface area contributed by atoms with Crippen molar-refractivity contribution in [3.63, 3.8) is 0 Å². The number of aliphatic imine (C=N–C) groups is 1. The van der Waals surface area contributed by atoms with Gasteiger partial charge in [-0.1, -0.05) is 135 Å². The molecule has 3 unspecified atom stereocenters. The Balaban J connectivity index is 1.06. The van der Waals surface area contributed by atoms with E-state index < -0.39 is 0 Å². The molecule has 10 rings (SSSR count). The number of rotatable bonds is 4. The Morgan fingerprint density at radius 2 is 1.40 bits per heavy atom. The predicted octanol–water partition coefficient (Wildman–Crippen LogP) is 12.1. The average Bonchev–Trinajstić information content (AvgIpc) is 3.67. The molecule has 50 heavy (non-hydrogen) atoms. The van der Waals surface area contributed by atoms with Crippen LogP contribution in [0.3, 0.4) is 0 Å². The summed E-state index contributed by atoms with van der Waals surface area (Å²) in [7, 11) is 0. The molecule has 1 N–H and O–H groups in total. The summed E-state index contributed by atoms with van der Waals surface area (Å²) >= 11 is 0. The normalized spacial score (nSPS) is 20.4. The van der Waals surface area contributed by atoms with Crippen LogP contribution in [-0.4, -0.2) is 5.71 Å². The minimum absolute atomic E-state index is 0.00772. The molecule has 2 aliphatic carbocycles. The highest BCUT2D eigenvalue weighted by atomic mass is 16.3. The standard InChI is InChI=1S/C47H38N2O/c1-47(2)39-28-32(24-25-36(39)41-38(29-14-5-3-6-15-29)27-33-18-9-10-21-35(33)42(41)47)31-19-13-20-34(26-31)46-48-43(30-16-7-4-8-17-30)45-44(49-46)37-22-11-12-23-40(37)50-45/h3-23,26-28,36,39,46,49H,24-25H2,1-2H3. The quantitative estimate of drug-likeness (QED) is 0.207. The molecule has 3 aliphatic rings. The van der Waals surface area contributed by atoms with Crippen molar-refractivity contribution in [2.75, 3.05) is 5.32 Å². The van der Waals surface area contributed by atoms with Gasteiger partial charge < -0.3 is 9.73 Å². The Labute approximate surface area is 293 Å². The lowest BCUT2D eigenvalue weighted by atomic mass is 9.70. The third-order valence-electron chi connectivity index (χ3n) is 11.5. The second-order valence-corrected chi connectivity index (χ2v) is 14.7. The number of furan rings is 1. The van der Waals surface area contributed by atoms with Gasteiger partial charge in [-0.25, -0.2) is 0 Å². The van der Waals surface area contributed by atoms with Crippen LogP contribution in [0.4, 0.5) is 5.69 Å². The van der Waals surface area contributed by atoms with Gasteiger partial charge in [-0.2, -0.15) is 0 Å². The summed E-state index contributed by atoms with van der Waals surface area (Å²) in [6.07, 6.45) is 4.58. The van der Waals surface area contributed by atoms with Crippen LogP contribution in [0.2, 0.25) is 0 Å². The summed E-state index contributed by atoms with van der Waals surface area (Å²) in [5, 5.41) is 7.58. The molecule has 3 atom stereocenters. The largest absolute Gasteiger partial charge is 0.452 e. The lowest BCUT2D eigenvalue weighted by Crippen LogP contribution is -2.26. The van der Waals surface area contributed by atoms with Gasteiger partial charge in [0.2, 0.25) is 0 Å². The van der Waals surface area contributed by atoms with Crippen LogP contribution in [0.25, 0.3) is 38.4 Å². The Hall–Kier alpha value is -5.67. The van der Waals surface area contributed by atoms with Crippen molar-refractivity contribution in [1.29, 1.82) is 0 Å². The van der Waals surface area contributed by atoms with Gasteiger partial charge in [0, 0.05) is 10.9 Å². The smallest absolute Gasteiger partial charge is 0.177 e. The summed E-state index contributed by atoms with van der Waals surface area (Å²) in [4.78, 5) is 5.31. The summed E-state index contributed by atoms with van der Waals surface area (Å²) in [6, 6.07) is 50.2. The van der Waals surface area contributed by atoms with Gasteiger partial charge in [-0.15, -0.1) is 0 Å². The fraction of sp³-hybridized carbons (Fsp3) is 0.170. The van der Waals surface area contributed by atoms with E-state index in [1.807, 2.05) is 18.2 Å². The first-order valence-electron chi connectivity index (χ1n) is 17.9. The lowest BCUT2D eigenvalue weighted by molar-refractivity contribution is 0.352. The molecule has 0 saturated carbocycles. The topological polar surface area (TPSA) is 37.5 Å². The Morgan fingerprint density at radius 1 is 0.700 bits per heavy atom. The van der Waals surface area contributed by atoms with Crippen molar-refractivity contribution in [2.24, 2.45) is 10.9 Å². The minimum Gasteiger partial charge on any atom is -0.452 e. The number of allylic oxidation sites excluding steroid dienone is 2. The molecule has 0 saturated heterocycles. The maximum atomic E-state index is 6.41. The van der Waals surface area contributed by atoms with E-state index in [0.717, 1.165) is 52.1 Å². The number of benzene rings is 6. The van der Waals surface area contributed by atoms with Gasteiger partial charge in [-0.05, 0) is 104 Å². The number of hydrogen-bond donors (Lipinski definition) is 1. The first kappa shape index (κ1) is 29.3.